The average Bonchev–Trinajstić information content (AvgIpc) is 2.52. The monoisotopic (exact) mass is 411 g/mol. The smallest absolute Gasteiger partial charge is 0.331 e. The fourth-order valence-electron chi connectivity index (χ4n) is 2.57. The van der Waals surface area contributed by atoms with Gasteiger partial charge in [-0.3, -0.25) is 4.79 Å². The third-order valence-corrected chi connectivity index (χ3v) is 4.09. The van der Waals surface area contributed by atoms with E-state index in [4.69, 9.17) is 9.47 Å². The van der Waals surface area contributed by atoms with Crippen molar-refractivity contribution in [2.75, 3.05) is 7.11 Å². The van der Waals surface area contributed by atoms with Crippen LogP contribution in [-0.2, 0) is 14.3 Å². The maximum absolute atomic E-state index is 12.5. The Labute approximate surface area is 158 Å². The molecule has 138 valence electrons. The minimum absolute atomic E-state index is 0.0372. The zero-order chi connectivity index (χ0) is 19.1. The Morgan fingerprint density at radius 1 is 1.12 bits per heavy atom. The summed E-state index contributed by atoms with van der Waals surface area (Å²) in [5.74, 6) is -0.135. The largest absolute Gasteiger partial charge is 0.496 e. The standard InChI is InChI=1S/C19H26BrNO4/c1-12(2)21(13(3)4)19(23)14(5)25-18(22)10-7-15-11-16(20)8-9-17(15)24-6/h7-14H,1-6H3/b10-7+. The van der Waals surface area contributed by atoms with Crippen molar-refractivity contribution in [3.8, 4) is 5.75 Å². The molecule has 0 saturated carbocycles. The van der Waals surface area contributed by atoms with Crippen molar-refractivity contribution in [1.29, 1.82) is 0 Å². The Kier molecular flexibility index (Phi) is 8.16. The summed E-state index contributed by atoms with van der Waals surface area (Å²) in [4.78, 5) is 26.2. The number of rotatable bonds is 7. The van der Waals surface area contributed by atoms with E-state index in [1.165, 1.54) is 6.08 Å². The first kappa shape index (κ1) is 21.2. The highest BCUT2D eigenvalue weighted by Crippen LogP contribution is 2.24. The van der Waals surface area contributed by atoms with Gasteiger partial charge in [-0.05, 0) is 58.9 Å². The molecule has 0 spiro atoms. The van der Waals surface area contributed by atoms with E-state index in [2.05, 4.69) is 15.9 Å². The molecule has 0 bridgehead atoms. The second kappa shape index (κ2) is 9.61. The first-order valence-corrected chi connectivity index (χ1v) is 9.01. The van der Waals surface area contributed by atoms with Crippen LogP contribution in [0.25, 0.3) is 6.08 Å². The van der Waals surface area contributed by atoms with Crippen molar-refractivity contribution in [1.82, 2.24) is 4.90 Å². The number of nitrogens with zero attached hydrogens (tertiary/aromatic N) is 1. The van der Waals surface area contributed by atoms with Gasteiger partial charge in [0.05, 0.1) is 7.11 Å². The molecule has 25 heavy (non-hydrogen) atoms. The van der Waals surface area contributed by atoms with E-state index in [1.807, 2.05) is 39.8 Å². The molecule has 1 atom stereocenters. The van der Waals surface area contributed by atoms with Crippen LogP contribution < -0.4 is 4.74 Å². The zero-order valence-corrected chi connectivity index (χ0v) is 17.2. The highest BCUT2D eigenvalue weighted by atomic mass is 79.9. The molecule has 0 fully saturated rings. The van der Waals surface area contributed by atoms with E-state index in [0.29, 0.717) is 5.75 Å². The lowest BCUT2D eigenvalue weighted by molar-refractivity contribution is -0.157. The van der Waals surface area contributed by atoms with Gasteiger partial charge >= 0.3 is 5.97 Å². The Morgan fingerprint density at radius 3 is 2.24 bits per heavy atom. The van der Waals surface area contributed by atoms with Crippen LogP contribution in [0.1, 0.15) is 40.2 Å². The van der Waals surface area contributed by atoms with Crippen molar-refractivity contribution in [2.24, 2.45) is 0 Å². The highest BCUT2D eigenvalue weighted by Gasteiger charge is 2.27. The van der Waals surface area contributed by atoms with E-state index in [1.54, 1.807) is 31.1 Å². The topological polar surface area (TPSA) is 55.8 Å². The van der Waals surface area contributed by atoms with Gasteiger partial charge in [0.15, 0.2) is 6.10 Å². The molecule has 0 heterocycles. The van der Waals surface area contributed by atoms with Crippen LogP contribution >= 0.6 is 15.9 Å². The summed E-state index contributed by atoms with van der Waals surface area (Å²) in [6.45, 7) is 9.33. The second-order valence-electron chi connectivity index (χ2n) is 6.23. The van der Waals surface area contributed by atoms with Crippen LogP contribution in [0.15, 0.2) is 28.7 Å². The summed E-state index contributed by atoms with van der Waals surface area (Å²) in [7, 11) is 1.56. The number of halogens is 1. The number of esters is 1. The summed E-state index contributed by atoms with van der Waals surface area (Å²) in [5.41, 5.74) is 0.735. The Morgan fingerprint density at radius 2 is 1.72 bits per heavy atom. The first-order chi connectivity index (χ1) is 11.7. The van der Waals surface area contributed by atoms with Gasteiger partial charge < -0.3 is 14.4 Å². The van der Waals surface area contributed by atoms with Crippen molar-refractivity contribution < 1.29 is 19.1 Å². The average molecular weight is 412 g/mol. The number of carbonyl (C=O) groups excluding carboxylic acids is 2. The molecule has 0 saturated heterocycles. The summed E-state index contributed by atoms with van der Waals surface area (Å²) in [6, 6.07) is 5.55. The second-order valence-corrected chi connectivity index (χ2v) is 7.15. The molecule has 0 aliphatic heterocycles. The number of hydrogen-bond acceptors (Lipinski definition) is 4. The number of amides is 1. The van der Waals surface area contributed by atoms with Gasteiger partial charge in [-0.25, -0.2) is 4.79 Å². The number of carbonyl (C=O) groups is 2. The van der Waals surface area contributed by atoms with Crippen LogP contribution in [0.5, 0.6) is 5.75 Å². The maximum atomic E-state index is 12.5. The lowest BCUT2D eigenvalue weighted by atomic mass is 10.2. The Balaban J connectivity index is 2.79. The van der Waals surface area contributed by atoms with Crippen LogP contribution in [-0.4, -0.2) is 42.1 Å². The third kappa shape index (κ3) is 6.20. The lowest BCUT2D eigenvalue weighted by Crippen LogP contribution is -2.47. The third-order valence-electron chi connectivity index (χ3n) is 3.60. The molecule has 0 aliphatic rings. The van der Waals surface area contributed by atoms with Crippen molar-refractivity contribution in [3.05, 3.63) is 34.3 Å². The molecule has 6 heteroatoms. The summed E-state index contributed by atoms with van der Waals surface area (Å²) < 4.78 is 11.4. The quantitative estimate of drug-likeness (QED) is 0.501. The summed E-state index contributed by atoms with van der Waals surface area (Å²) in [5, 5.41) is 0. The summed E-state index contributed by atoms with van der Waals surface area (Å²) in [6.07, 6.45) is 2.06. The van der Waals surface area contributed by atoms with Gasteiger partial charge in [0.2, 0.25) is 0 Å². The van der Waals surface area contributed by atoms with E-state index < -0.39 is 12.1 Å². The molecule has 0 aliphatic carbocycles. The molecule has 1 unspecified atom stereocenters. The van der Waals surface area contributed by atoms with Gasteiger partial charge in [-0.15, -0.1) is 0 Å². The minimum atomic E-state index is -0.841. The van der Waals surface area contributed by atoms with Gasteiger partial charge in [0.25, 0.3) is 5.91 Å². The fraction of sp³-hybridized carbons (Fsp3) is 0.474. The molecule has 1 aromatic rings. The molecular formula is C19H26BrNO4. The molecular weight excluding hydrogens is 386 g/mol. The van der Waals surface area contributed by atoms with E-state index in [9.17, 15) is 9.59 Å². The molecule has 1 aromatic carbocycles. The van der Waals surface area contributed by atoms with E-state index in [-0.39, 0.29) is 18.0 Å². The van der Waals surface area contributed by atoms with Gasteiger partial charge in [0, 0.05) is 28.2 Å². The normalized spacial score (nSPS) is 12.5. The fourth-order valence-corrected chi connectivity index (χ4v) is 2.95. The Bertz CT molecular complexity index is 632. The lowest BCUT2D eigenvalue weighted by Gasteiger charge is -2.32. The van der Waals surface area contributed by atoms with Crippen molar-refractivity contribution in [3.63, 3.8) is 0 Å². The molecule has 0 aromatic heterocycles. The molecule has 5 nitrogen and oxygen atoms in total. The van der Waals surface area contributed by atoms with E-state index >= 15 is 0 Å². The van der Waals surface area contributed by atoms with Crippen LogP contribution in [0.2, 0.25) is 0 Å². The van der Waals surface area contributed by atoms with Crippen LogP contribution in [0, 0.1) is 0 Å². The number of ether oxygens (including phenoxy) is 2. The van der Waals surface area contributed by atoms with Crippen LogP contribution in [0.4, 0.5) is 0 Å². The van der Waals surface area contributed by atoms with Gasteiger partial charge in [-0.1, -0.05) is 15.9 Å². The molecule has 0 radical (unpaired) electrons. The predicted octanol–water partition coefficient (Wildman–Crippen LogP) is 4.05. The number of hydrogen-bond donors (Lipinski definition) is 0. The van der Waals surface area contributed by atoms with Gasteiger partial charge in [0.1, 0.15) is 5.75 Å². The first-order valence-electron chi connectivity index (χ1n) is 8.21. The highest BCUT2D eigenvalue weighted by molar-refractivity contribution is 9.10. The molecule has 0 N–H and O–H groups in total. The van der Waals surface area contributed by atoms with Gasteiger partial charge in [-0.2, -0.15) is 0 Å². The van der Waals surface area contributed by atoms with Crippen LogP contribution in [0.3, 0.4) is 0 Å². The number of methoxy groups -OCH3 is 1. The van der Waals surface area contributed by atoms with Crippen molar-refractivity contribution in [2.45, 2.75) is 52.8 Å². The minimum Gasteiger partial charge on any atom is -0.496 e. The molecule has 1 amide bonds. The SMILES string of the molecule is COc1ccc(Br)cc1/C=C/C(=O)OC(C)C(=O)N(C(C)C)C(C)C. The predicted molar refractivity (Wildman–Crippen MR) is 102 cm³/mol. The Hall–Kier alpha value is -1.82. The summed E-state index contributed by atoms with van der Waals surface area (Å²) >= 11 is 3.38. The molecule has 1 rings (SSSR count). The zero-order valence-electron chi connectivity index (χ0n) is 15.6. The van der Waals surface area contributed by atoms with E-state index in [0.717, 1.165) is 10.0 Å². The maximum Gasteiger partial charge on any atom is 0.331 e. The number of benzene rings is 1. The van der Waals surface area contributed by atoms with Crippen molar-refractivity contribution >= 4 is 33.9 Å².